The fourth-order valence-corrected chi connectivity index (χ4v) is 9.76. The van der Waals surface area contributed by atoms with Gasteiger partial charge in [0.25, 0.3) is 11.8 Å². The number of hydrogen-bond acceptors (Lipinski definition) is 17. The van der Waals surface area contributed by atoms with Crippen molar-refractivity contribution in [3.63, 3.8) is 0 Å². The highest BCUT2D eigenvalue weighted by Crippen LogP contribution is 2.48. The van der Waals surface area contributed by atoms with Crippen molar-refractivity contribution in [2.24, 2.45) is 5.16 Å². The van der Waals surface area contributed by atoms with E-state index in [9.17, 15) is 18.9 Å². The number of methoxy groups -OCH3 is 1. The minimum atomic E-state index is -3.69. The van der Waals surface area contributed by atoms with Crippen LogP contribution in [0.1, 0.15) is 25.1 Å². The van der Waals surface area contributed by atoms with Crippen LogP contribution in [0.15, 0.2) is 56.5 Å². The first-order valence-electron chi connectivity index (χ1n) is 14.6. The molecule has 2 atom stereocenters. The number of benzene rings is 1. The lowest BCUT2D eigenvalue weighted by Crippen LogP contribution is -2.71. The summed E-state index contributed by atoms with van der Waals surface area (Å²) in [5.41, 5.74) is 1.48. The first-order valence-corrected chi connectivity index (χ1v) is 19.8. The Labute approximate surface area is 298 Å². The van der Waals surface area contributed by atoms with Crippen molar-refractivity contribution in [1.29, 1.82) is 0 Å². The van der Waals surface area contributed by atoms with E-state index in [0.29, 0.717) is 22.8 Å². The van der Waals surface area contributed by atoms with E-state index in [1.807, 2.05) is 0 Å². The lowest BCUT2D eigenvalue weighted by molar-refractivity contribution is -0.153. The quantitative estimate of drug-likeness (QED) is 0.0497. The molecule has 2 aliphatic heterocycles. The van der Waals surface area contributed by atoms with E-state index in [2.05, 4.69) is 30.1 Å². The molecule has 0 aliphatic carbocycles. The number of nitrogens with one attached hydrogen (secondary N) is 2. The van der Waals surface area contributed by atoms with Crippen LogP contribution in [0.5, 0.6) is 5.75 Å². The highest BCUT2D eigenvalue weighted by Gasteiger charge is 2.54. The van der Waals surface area contributed by atoms with Gasteiger partial charge >= 0.3 is 13.7 Å². The average molecular weight is 770 g/mol. The lowest BCUT2D eigenvalue weighted by Gasteiger charge is -2.49. The number of hydrogen-bond donors (Lipinski definition) is 2. The minimum Gasteiger partial charge on any atom is -0.497 e. The van der Waals surface area contributed by atoms with E-state index in [4.69, 9.17) is 23.4 Å². The van der Waals surface area contributed by atoms with Gasteiger partial charge in [-0.2, -0.15) is 0 Å². The van der Waals surface area contributed by atoms with Crippen LogP contribution in [0.2, 0.25) is 0 Å². The molecule has 21 heteroatoms. The number of ether oxygens (including phenoxy) is 2. The van der Waals surface area contributed by atoms with E-state index >= 15 is 0 Å². The summed E-state index contributed by atoms with van der Waals surface area (Å²) in [6.07, 6.45) is 1.63. The third-order valence-corrected chi connectivity index (χ3v) is 12.6. The number of β-lactam (4-membered cyclic amide) rings is 1. The molecule has 1 aromatic carbocycles. The van der Waals surface area contributed by atoms with Crippen LogP contribution in [0.3, 0.4) is 0 Å². The fraction of sp³-hybridized carbons (Fsp3) is 0.393. The van der Waals surface area contributed by atoms with Gasteiger partial charge in [0.05, 0.1) is 26.5 Å². The zero-order valence-electron chi connectivity index (χ0n) is 26.6. The van der Waals surface area contributed by atoms with Crippen LogP contribution < -0.4 is 15.1 Å². The van der Waals surface area contributed by atoms with Crippen molar-refractivity contribution in [3.8, 4) is 5.75 Å². The van der Waals surface area contributed by atoms with Crippen molar-refractivity contribution < 1.29 is 42.3 Å². The van der Waals surface area contributed by atoms with Crippen molar-refractivity contribution in [2.45, 2.75) is 36.1 Å². The average Bonchev–Trinajstić information content (AvgIpc) is 3.80. The summed E-state index contributed by atoms with van der Waals surface area (Å²) in [6, 6.07) is 6.11. The molecule has 1 saturated heterocycles. The van der Waals surface area contributed by atoms with Crippen LogP contribution in [0, 0.1) is 0 Å². The summed E-state index contributed by atoms with van der Waals surface area (Å²) in [6.45, 7) is 3.60. The maximum Gasteiger partial charge on any atom is 0.434 e. The Morgan fingerprint density at radius 2 is 1.92 bits per heavy atom. The summed E-state index contributed by atoms with van der Waals surface area (Å²) in [5.74, 6) is -0.398. The van der Waals surface area contributed by atoms with Gasteiger partial charge in [0, 0.05) is 16.9 Å². The maximum absolute atomic E-state index is 13.6. The zero-order chi connectivity index (χ0) is 35.0. The number of aromatic nitrogens is 3. The van der Waals surface area contributed by atoms with Crippen LogP contribution >= 0.6 is 54.1 Å². The molecule has 0 radical (unpaired) electrons. The molecule has 16 nitrogen and oxygen atoms in total. The van der Waals surface area contributed by atoms with Gasteiger partial charge in [-0.25, -0.2) is 14.3 Å². The molecule has 0 bridgehead atoms. The van der Waals surface area contributed by atoms with Crippen molar-refractivity contribution >= 4 is 82.8 Å². The third kappa shape index (κ3) is 8.80. The summed E-state index contributed by atoms with van der Waals surface area (Å²) in [7, 11) is -0.859. The van der Waals surface area contributed by atoms with E-state index < -0.39 is 36.9 Å². The SMILES string of the molecule is CCOP(=O)(Nc1nc(C(=NOC)C(=O)NC2C(=O)N3C(C(=O)OCc4ccc(OC)cc4)=C(CSc4cnns4)CSC23)cs1)OCC. The number of nitrogens with zero attached hydrogens (tertiary/aromatic N) is 5. The first kappa shape index (κ1) is 36.8. The van der Waals surface area contributed by atoms with Gasteiger partial charge in [-0.15, -0.1) is 40.0 Å². The Balaban J connectivity index is 1.31. The van der Waals surface area contributed by atoms with Crippen molar-refractivity contribution in [3.05, 3.63) is 58.4 Å². The third-order valence-electron chi connectivity index (χ3n) is 6.76. The normalized spacial score (nSPS) is 17.7. The Hall–Kier alpha value is -3.52. The summed E-state index contributed by atoms with van der Waals surface area (Å²) < 4.78 is 39.0. The molecular formula is C28H32N7O9PS4. The van der Waals surface area contributed by atoms with Gasteiger partial charge in [-0.05, 0) is 48.6 Å². The van der Waals surface area contributed by atoms with Gasteiger partial charge in [-0.3, -0.25) is 28.6 Å². The van der Waals surface area contributed by atoms with Crippen LogP contribution in [-0.4, -0.2) is 93.3 Å². The number of esters is 1. The summed E-state index contributed by atoms with van der Waals surface area (Å²) in [4.78, 5) is 51.3. The molecular weight excluding hydrogens is 738 g/mol. The van der Waals surface area contributed by atoms with Crippen LogP contribution in [-0.2, 0) is 44.2 Å². The predicted molar refractivity (Wildman–Crippen MR) is 186 cm³/mol. The number of amides is 2. The van der Waals surface area contributed by atoms with E-state index in [1.165, 1.54) is 52.4 Å². The molecule has 3 aromatic rings. The molecule has 5 rings (SSSR count). The molecule has 1 fully saturated rings. The Morgan fingerprint density at radius 1 is 1.16 bits per heavy atom. The number of rotatable bonds is 17. The molecule has 2 unspecified atom stereocenters. The molecule has 4 heterocycles. The zero-order valence-corrected chi connectivity index (χ0v) is 30.8. The molecule has 262 valence electrons. The number of carbonyl (C=O) groups is 3. The second-order valence-corrected chi connectivity index (χ2v) is 15.6. The summed E-state index contributed by atoms with van der Waals surface area (Å²) in [5, 5.41) is 14.1. The number of thioether (sulfide) groups is 2. The molecule has 0 saturated carbocycles. The molecule has 2 amide bonds. The van der Waals surface area contributed by atoms with Gasteiger partial charge in [0.15, 0.2) is 10.8 Å². The number of thiazole rings is 1. The second kappa shape index (κ2) is 16.9. The number of anilines is 1. The van der Waals surface area contributed by atoms with E-state index in [1.54, 1.807) is 51.4 Å². The minimum absolute atomic E-state index is 0.0164. The van der Waals surface area contributed by atoms with Crippen molar-refractivity contribution in [2.75, 3.05) is 44.0 Å². The van der Waals surface area contributed by atoms with E-state index in [-0.39, 0.29) is 42.1 Å². The van der Waals surface area contributed by atoms with Gasteiger partial charge in [0.1, 0.15) is 46.5 Å². The van der Waals surface area contributed by atoms with Crippen molar-refractivity contribution in [1.82, 2.24) is 24.8 Å². The maximum atomic E-state index is 13.6. The van der Waals surface area contributed by atoms with Gasteiger partial charge in [0.2, 0.25) is 0 Å². The molecule has 2 aliphatic rings. The van der Waals surface area contributed by atoms with Crippen LogP contribution in [0.25, 0.3) is 0 Å². The lowest BCUT2D eigenvalue weighted by atomic mass is 10.0. The number of carbonyl (C=O) groups excluding carboxylic acids is 3. The Kier molecular flexibility index (Phi) is 12.7. The standard InChI is InChI=1S/C28H32N7O9PS4/c1-5-43-45(39,44-6-2)33-28-30-19(15-48-28)21(32-41-4)24(36)31-22-25(37)35-23(27(38)42-12-16-7-9-18(40-3)10-8-16)17(14-47-26(22)35)13-46-20-11-29-34-49-20/h7-11,15,22,26H,5-6,12-14H2,1-4H3,(H,31,36)(H,30,33,39). The number of fused-ring (bicyclic) bond motifs is 1. The summed E-state index contributed by atoms with van der Waals surface area (Å²) >= 11 is 5.13. The number of oxime groups is 1. The fourth-order valence-electron chi connectivity index (χ4n) is 4.60. The molecule has 49 heavy (non-hydrogen) atoms. The molecule has 2 aromatic heterocycles. The topological polar surface area (TPSA) is 193 Å². The second-order valence-electron chi connectivity index (χ2n) is 9.87. The van der Waals surface area contributed by atoms with E-state index in [0.717, 1.165) is 21.1 Å². The van der Waals surface area contributed by atoms with Crippen LogP contribution in [0.4, 0.5) is 5.13 Å². The highest BCUT2D eigenvalue weighted by molar-refractivity contribution is 8.01. The highest BCUT2D eigenvalue weighted by atomic mass is 32.2. The Morgan fingerprint density at radius 3 is 2.57 bits per heavy atom. The Bertz CT molecular complexity index is 1740. The van der Waals surface area contributed by atoms with Gasteiger partial charge < -0.3 is 19.6 Å². The largest absolute Gasteiger partial charge is 0.497 e. The monoisotopic (exact) mass is 769 g/mol. The molecule has 2 N–H and O–H groups in total. The first-order chi connectivity index (χ1) is 23.7. The molecule has 0 spiro atoms. The smallest absolute Gasteiger partial charge is 0.434 e. The van der Waals surface area contributed by atoms with Gasteiger partial charge in [-0.1, -0.05) is 21.8 Å². The predicted octanol–water partition coefficient (Wildman–Crippen LogP) is 4.14.